The summed E-state index contributed by atoms with van der Waals surface area (Å²) in [5, 5.41) is 13.0. The first-order chi connectivity index (χ1) is 9.22. The number of nitrogens with two attached hydrogens (primary N) is 1. The molecule has 0 unspecified atom stereocenters. The van der Waals surface area contributed by atoms with E-state index < -0.39 is 0 Å². The summed E-state index contributed by atoms with van der Waals surface area (Å²) in [6.07, 6.45) is 0. The second kappa shape index (κ2) is 5.02. The molecule has 0 aromatic carbocycles. The summed E-state index contributed by atoms with van der Waals surface area (Å²) in [6.45, 7) is 1.95. The van der Waals surface area contributed by atoms with Gasteiger partial charge in [0, 0.05) is 0 Å². The molecular formula is C10H10N6OS2. The number of thioether (sulfide) groups is 1. The second-order valence-electron chi connectivity index (χ2n) is 3.70. The highest BCUT2D eigenvalue weighted by Gasteiger charge is 2.18. The van der Waals surface area contributed by atoms with Gasteiger partial charge in [-0.2, -0.15) is 9.97 Å². The average molecular weight is 294 g/mol. The summed E-state index contributed by atoms with van der Waals surface area (Å²) in [5.41, 5.74) is 5.47. The van der Waals surface area contributed by atoms with Crippen LogP contribution >= 0.6 is 23.1 Å². The van der Waals surface area contributed by atoms with Crippen molar-refractivity contribution in [3.8, 4) is 10.7 Å². The van der Waals surface area contributed by atoms with Crippen LogP contribution in [0.5, 0.6) is 0 Å². The summed E-state index contributed by atoms with van der Waals surface area (Å²) >= 11 is 2.97. The molecule has 0 aliphatic rings. The molecule has 1 atom stereocenters. The van der Waals surface area contributed by atoms with Crippen molar-refractivity contribution in [1.29, 1.82) is 0 Å². The fraction of sp³-hybridized carbons (Fsp3) is 0.200. The zero-order valence-corrected chi connectivity index (χ0v) is 11.5. The van der Waals surface area contributed by atoms with Crippen LogP contribution in [-0.2, 0) is 0 Å². The van der Waals surface area contributed by atoms with E-state index in [4.69, 9.17) is 10.3 Å². The van der Waals surface area contributed by atoms with Crippen molar-refractivity contribution < 1.29 is 4.52 Å². The fourth-order valence-corrected chi connectivity index (χ4v) is 2.84. The first-order valence-corrected chi connectivity index (χ1v) is 7.20. The van der Waals surface area contributed by atoms with Gasteiger partial charge in [0.2, 0.25) is 22.8 Å². The van der Waals surface area contributed by atoms with Crippen LogP contribution in [0.3, 0.4) is 0 Å². The van der Waals surface area contributed by atoms with Gasteiger partial charge in [0.15, 0.2) is 0 Å². The van der Waals surface area contributed by atoms with Gasteiger partial charge in [-0.1, -0.05) is 23.0 Å². The molecule has 3 rings (SSSR count). The first kappa shape index (κ1) is 12.2. The normalized spacial score (nSPS) is 12.7. The molecule has 0 fully saturated rings. The molecule has 0 aliphatic heterocycles. The number of hydrogen-bond donors (Lipinski definition) is 2. The van der Waals surface area contributed by atoms with Crippen molar-refractivity contribution in [2.75, 3.05) is 5.73 Å². The molecule has 0 aliphatic carbocycles. The van der Waals surface area contributed by atoms with Gasteiger partial charge in [-0.15, -0.1) is 16.4 Å². The maximum absolute atomic E-state index is 5.47. The topological polar surface area (TPSA) is 107 Å². The maximum Gasteiger partial charge on any atom is 0.240 e. The van der Waals surface area contributed by atoms with Crippen LogP contribution in [0.2, 0.25) is 0 Å². The Morgan fingerprint density at radius 2 is 2.37 bits per heavy atom. The first-order valence-electron chi connectivity index (χ1n) is 5.44. The molecule has 0 saturated carbocycles. The third kappa shape index (κ3) is 2.61. The molecule has 3 aromatic heterocycles. The largest absolute Gasteiger partial charge is 0.368 e. The van der Waals surface area contributed by atoms with E-state index in [0.29, 0.717) is 22.8 Å². The van der Waals surface area contributed by atoms with Crippen molar-refractivity contribution in [3.63, 3.8) is 0 Å². The highest BCUT2D eigenvalue weighted by atomic mass is 32.2. The monoisotopic (exact) mass is 294 g/mol. The smallest absolute Gasteiger partial charge is 0.240 e. The molecule has 0 bridgehead atoms. The van der Waals surface area contributed by atoms with Gasteiger partial charge >= 0.3 is 0 Å². The molecule has 3 heterocycles. The van der Waals surface area contributed by atoms with Crippen LogP contribution in [0.4, 0.5) is 5.95 Å². The molecule has 3 aromatic rings. The van der Waals surface area contributed by atoms with E-state index in [1.54, 1.807) is 11.3 Å². The van der Waals surface area contributed by atoms with Crippen molar-refractivity contribution in [1.82, 2.24) is 25.3 Å². The molecule has 19 heavy (non-hydrogen) atoms. The van der Waals surface area contributed by atoms with Crippen molar-refractivity contribution in [2.24, 2.45) is 0 Å². The third-order valence-electron chi connectivity index (χ3n) is 2.30. The molecule has 0 saturated heterocycles. The highest BCUT2D eigenvalue weighted by Crippen LogP contribution is 2.33. The number of thiophene rings is 1. The van der Waals surface area contributed by atoms with Gasteiger partial charge in [-0.3, -0.25) is 0 Å². The van der Waals surface area contributed by atoms with E-state index in [-0.39, 0.29) is 5.25 Å². The Hall–Kier alpha value is -1.87. The van der Waals surface area contributed by atoms with Gasteiger partial charge in [-0.25, -0.2) is 5.10 Å². The number of anilines is 1. The van der Waals surface area contributed by atoms with E-state index in [9.17, 15) is 0 Å². The van der Waals surface area contributed by atoms with E-state index in [2.05, 4.69) is 25.3 Å². The number of nitrogens with one attached hydrogen (secondary N) is 1. The van der Waals surface area contributed by atoms with Gasteiger partial charge in [0.05, 0.1) is 10.1 Å². The fourth-order valence-electron chi connectivity index (χ4n) is 1.43. The molecule has 0 amide bonds. The van der Waals surface area contributed by atoms with Crippen LogP contribution in [0, 0.1) is 0 Å². The van der Waals surface area contributed by atoms with Crippen LogP contribution in [0.15, 0.2) is 27.2 Å². The SMILES string of the molecule is C[C@@H](Sc1n[nH]c(N)n1)c1nc(-c2cccs2)no1. The van der Waals surface area contributed by atoms with Crippen LogP contribution in [0.25, 0.3) is 10.7 Å². The predicted molar refractivity (Wildman–Crippen MR) is 72.7 cm³/mol. The number of hydrogen-bond acceptors (Lipinski definition) is 8. The predicted octanol–water partition coefficient (Wildman–Crippen LogP) is 2.35. The second-order valence-corrected chi connectivity index (χ2v) is 5.95. The Labute approximate surface area is 116 Å². The number of nitrogen functional groups attached to an aromatic ring is 1. The number of H-pyrrole nitrogens is 1. The zero-order valence-electron chi connectivity index (χ0n) is 9.90. The molecule has 9 heteroatoms. The zero-order chi connectivity index (χ0) is 13.2. The summed E-state index contributed by atoms with van der Waals surface area (Å²) in [6, 6.07) is 3.90. The lowest BCUT2D eigenvalue weighted by atomic mass is 10.4. The summed E-state index contributed by atoms with van der Waals surface area (Å²) < 4.78 is 5.26. The lowest BCUT2D eigenvalue weighted by molar-refractivity contribution is 0.381. The van der Waals surface area contributed by atoms with Gasteiger partial charge in [0.1, 0.15) is 0 Å². The Kier molecular flexibility index (Phi) is 3.22. The summed E-state index contributed by atoms with van der Waals surface area (Å²) in [4.78, 5) is 9.37. The number of aromatic amines is 1. The van der Waals surface area contributed by atoms with Gasteiger partial charge in [-0.05, 0) is 18.4 Å². The lowest BCUT2D eigenvalue weighted by Gasteiger charge is -2.00. The standard InChI is InChI=1S/C10H10N6OS2/c1-5(19-10-13-9(11)14-15-10)8-12-7(16-17-8)6-3-2-4-18-6/h2-5H,1H3,(H3,11,13,14,15)/t5-/m1/s1. The van der Waals surface area contributed by atoms with E-state index >= 15 is 0 Å². The lowest BCUT2D eigenvalue weighted by Crippen LogP contribution is -1.90. The van der Waals surface area contributed by atoms with Crippen molar-refractivity contribution in [2.45, 2.75) is 17.3 Å². The van der Waals surface area contributed by atoms with E-state index in [1.807, 2.05) is 24.4 Å². The van der Waals surface area contributed by atoms with Crippen molar-refractivity contribution >= 4 is 29.0 Å². The Bertz CT molecular complexity index is 661. The molecular weight excluding hydrogens is 284 g/mol. The quantitative estimate of drug-likeness (QED) is 0.711. The summed E-state index contributed by atoms with van der Waals surface area (Å²) in [5.74, 6) is 1.43. The van der Waals surface area contributed by atoms with Gasteiger partial charge in [0.25, 0.3) is 0 Å². The molecule has 98 valence electrons. The minimum atomic E-state index is -0.0450. The minimum Gasteiger partial charge on any atom is -0.368 e. The summed E-state index contributed by atoms with van der Waals surface area (Å²) in [7, 11) is 0. The van der Waals surface area contributed by atoms with Crippen LogP contribution in [-0.4, -0.2) is 25.3 Å². The molecule has 0 spiro atoms. The highest BCUT2D eigenvalue weighted by molar-refractivity contribution is 7.99. The number of rotatable bonds is 4. The van der Waals surface area contributed by atoms with Gasteiger partial charge < -0.3 is 10.3 Å². The maximum atomic E-state index is 5.47. The van der Waals surface area contributed by atoms with E-state index in [0.717, 1.165) is 4.88 Å². The number of aromatic nitrogens is 5. The molecule has 7 nitrogen and oxygen atoms in total. The Morgan fingerprint density at radius 3 is 3.05 bits per heavy atom. The molecule has 3 N–H and O–H groups in total. The van der Waals surface area contributed by atoms with Crippen molar-refractivity contribution in [3.05, 3.63) is 23.4 Å². The minimum absolute atomic E-state index is 0.0450. The number of nitrogens with zero attached hydrogens (tertiary/aromatic N) is 4. The van der Waals surface area contributed by atoms with E-state index in [1.165, 1.54) is 11.8 Å². The third-order valence-corrected chi connectivity index (χ3v) is 4.11. The Balaban J connectivity index is 1.75. The Morgan fingerprint density at radius 1 is 1.47 bits per heavy atom. The van der Waals surface area contributed by atoms with Crippen LogP contribution in [0.1, 0.15) is 18.1 Å². The molecule has 0 radical (unpaired) electrons. The average Bonchev–Trinajstić information content (AvgIpc) is 3.08. The van der Waals surface area contributed by atoms with Crippen LogP contribution < -0.4 is 5.73 Å².